The summed E-state index contributed by atoms with van der Waals surface area (Å²) >= 11 is 0. The fourth-order valence-corrected chi connectivity index (χ4v) is 4.80. The van der Waals surface area contributed by atoms with E-state index in [0.717, 1.165) is 38.7 Å². The van der Waals surface area contributed by atoms with E-state index in [2.05, 4.69) is 32.2 Å². The third-order valence-electron chi connectivity index (χ3n) is 6.63. The van der Waals surface area contributed by atoms with Crippen molar-refractivity contribution in [3.8, 4) is 0 Å². The maximum atomic E-state index is 12.3. The molecule has 4 fully saturated rings. The Balaban J connectivity index is 1.43. The van der Waals surface area contributed by atoms with Crippen LogP contribution >= 0.6 is 0 Å². The molecule has 2 aliphatic heterocycles. The average molecular weight is 379 g/mol. The summed E-state index contributed by atoms with van der Waals surface area (Å²) < 4.78 is 23.8. The summed E-state index contributed by atoms with van der Waals surface area (Å²) in [6.07, 6.45) is 6.83. The summed E-state index contributed by atoms with van der Waals surface area (Å²) in [4.78, 5) is 12.3. The van der Waals surface area contributed by atoms with E-state index in [9.17, 15) is 4.79 Å². The van der Waals surface area contributed by atoms with Gasteiger partial charge < -0.3 is 24.3 Å². The number of carbonyl (C=O) groups is 1. The van der Waals surface area contributed by atoms with Crippen molar-refractivity contribution >= 4 is 5.97 Å². The molecule has 0 aromatic rings. The van der Waals surface area contributed by atoms with Crippen LogP contribution in [0, 0.1) is 5.92 Å². The summed E-state index contributed by atoms with van der Waals surface area (Å²) in [5.74, 6) is -0.114. The maximum absolute atomic E-state index is 12.3. The molecular weight excluding hydrogens is 346 g/mol. The third-order valence-corrected chi connectivity index (χ3v) is 6.63. The van der Waals surface area contributed by atoms with E-state index < -0.39 is 0 Å². The predicted octanol–water partition coefficient (Wildman–Crippen LogP) is 2.36. The van der Waals surface area contributed by atoms with Crippen LogP contribution in [-0.4, -0.2) is 61.8 Å². The number of methoxy groups -OCH3 is 1. The summed E-state index contributed by atoms with van der Waals surface area (Å²) in [5, 5.41) is 3.22. The molecule has 6 heteroatoms. The molecule has 1 spiro atoms. The molecule has 0 aromatic heterocycles. The van der Waals surface area contributed by atoms with Gasteiger partial charge in [0.2, 0.25) is 0 Å². The van der Waals surface area contributed by atoms with Crippen molar-refractivity contribution in [2.24, 2.45) is 5.92 Å². The molecule has 2 heterocycles. The Kier molecular flexibility index (Phi) is 5.12. The van der Waals surface area contributed by atoms with Gasteiger partial charge in [0.05, 0.1) is 25.2 Å². The first-order chi connectivity index (χ1) is 12.9. The average Bonchev–Trinajstić information content (AvgIpc) is 3.50. The van der Waals surface area contributed by atoms with Crippen LogP contribution in [0.2, 0.25) is 0 Å². The van der Waals surface area contributed by atoms with Gasteiger partial charge in [-0.3, -0.25) is 4.79 Å². The first kappa shape index (κ1) is 19.4. The summed E-state index contributed by atoms with van der Waals surface area (Å²) in [7, 11) is 1.71. The molecule has 0 radical (unpaired) electrons. The molecule has 4 aliphatic rings. The smallest absolute Gasteiger partial charge is 0.320 e. The van der Waals surface area contributed by atoms with Crippen molar-refractivity contribution < 1.29 is 23.7 Å². The summed E-state index contributed by atoms with van der Waals surface area (Å²) in [6, 6.07) is 0.493. The normalized spacial score (nSPS) is 42.7. The predicted molar refractivity (Wildman–Crippen MR) is 100 cm³/mol. The minimum atomic E-state index is -0.291. The monoisotopic (exact) mass is 379 g/mol. The number of hydrogen-bond acceptors (Lipinski definition) is 6. The molecule has 27 heavy (non-hydrogen) atoms. The van der Waals surface area contributed by atoms with Gasteiger partial charge in [0.15, 0.2) is 0 Å². The Labute approximate surface area is 161 Å². The molecule has 0 amide bonds. The Morgan fingerprint density at radius 3 is 2.63 bits per heavy atom. The zero-order valence-electron chi connectivity index (χ0n) is 17.0. The van der Waals surface area contributed by atoms with Crippen LogP contribution < -0.4 is 5.32 Å². The first-order valence-corrected chi connectivity index (χ1v) is 10.3. The van der Waals surface area contributed by atoms with Crippen molar-refractivity contribution in [1.82, 2.24) is 5.32 Å². The standard InChI is InChI=1S/C21H33NO5/c1-13(2)5-8-16-20(3,27-16)19-18(24-4)15(9-10-21(19)12-25-21)26-17(23)11-22-14-6-7-14/h5,14-16,18-19,22H,6-12H2,1-4H3/t15-,16?,18-,19-,20+,21+/m1/s1. The molecule has 152 valence electrons. The van der Waals surface area contributed by atoms with Gasteiger partial charge in [-0.1, -0.05) is 11.6 Å². The van der Waals surface area contributed by atoms with Gasteiger partial charge in [0, 0.05) is 13.2 Å². The van der Waals surface area contributed by atoms with E-state index in [-0.39, 0.29) is 47.9 Å². The molecule has 6 atom stereocenters. The van der Waals surface area contributed by atoms with Crippen molar-refractivity contribution in [1.29, 1.82) is 0 Å². The van der Waals surface area contributed by atoms with E-state index in [1.807, 2.05) is 0 Å². The first-order valence-electron chi connectivity index (χ1n) is 10.3. The van der Waals surface area contributed by atoms with E-state index in [0.29, 0.717) is 6.04 Å². The van der Waals surface area contributed by atoms with E-state index in [4.69, 9.17) is 18.9 Å². The zero-order valence-corrected chi connectivity index (χ0v) is 17.0. The van der Waals surface area contributed by atoms with Crippen LogP contribution in [0.25, 0.3) is 0 Å². The minimum absolute atomic E-state index is 0.0773. The van der Waals surface area contributed by atoms with E-state index in [1.165, 1.54) is 5.57 Å². The van der Waals surface area contributed by atoms with Crippen molar-refractivity contribution in [2.45, 2.75) is 88.4 Å². The molecule has 6 nitrogen and oxygen atoms in total. The van der Waals surface area contributed by atoms with Crippen LogP contribution in [0.1, 0.15) is 52.9 Å². The minimum Gasteiger partial charge on any atom is -0.459 e. The lowest BCUT2D eigenvalue weighted by atomic mass is 9.68. The van der Waals surface area contributed by atoms with Crippen LogP contribution in [0.4, 0.5) is 0 Å². The number of esters is 1. The van der Waals surface area contributed by atoms with Crippen molar-refractivity contribution in [2.75, 3.05) is 20.3 Å². The number of epoxide rings is 2. The molecule has 1 N–H and O–H groups in total. The number of rotatable bonds is 8. The van der Waals surface area contributed by atoms with Crippen molar-refractivity contribution in [3.05, 3.63) is 11.6 Å². The van der Waals surface area contributed by atoms with Crippen LogP contribution in [-0.2, 0) is 23.7 Å². The second kappa shape index (κ2) is 7.14. The second-order valence-electron chi connectivity index (χ2n) is 9.06. The summed E-state index contributed by atoms with van der Waals surface area (Å²) in [6.45, 7) is 7.40. The van der Waals surface area contributed by atoms with Crippen LogP contribution in [0.3, 0.4) is 0 Å². The molecule has 2 saturated carbocycles. The molecule has 0 bridgehead atoms. The lowest BCUT2D eigenvalue weighted by Crippen LogP contribution is -2.56. The Morgan fingerprint density at radius 2 is 2.04 bits per heavy atom. The number of nitrogens with one attached hydrogen (secondary N) is 1. The molecule has 2 aliphatic carbocycles. The lowest BCUT2D eigenvalue weighted by Gasteiger charge is -2.42. The highest BCUT2D eigenvalue weighted by Crippen LogP contribution is 2.59. The number of allylic oxidation sites excluding steroid dienone is 1. The lowest BCUT2D eigenvalue weighted by molar-refractivity contribution is -0.170. The fraction of sp³-hybridized carbons (Fsp3) is 0.857. The van der Waals surface area contributed by atoms with Gasteiger partial charge in [-0.2, -0.15) is 0 Å². The van der Waals surface area contributed by atoms with Crippen LogP contribution in [0.15, 0.2) is 11.6 Å². The fourth-order valence-electron chi connectivity index (χ4n) is 4.80. The van der Waals surface area contributed by atoms with Gasteiger partial charge in [0.1, 0.15) is 23.4 Å². The van der Waals surface area contributed by atoms with Gasteiger partial charge in [-0.25, -0.2) is 0 Å². The second-order valence-corrected chi connectivity index (χ2v) is 9.06. The van der Waals surface area contributed by atoms with Crippen molar-refractivity contribution in [3.63, 3.8) is 0 Å². The van der Waals surface area contributed by atoms with Crippen LogP contribution in [0.5, 0.6) is 0 Å². The Morgan fingerprint density at radius 1 is 1.30 bits per heavy atom. The van der Waals surface area contributed by atoms with Gasteiger partial charge in [0.25, 0.3) is 0 Å². The van der Waals surface area contributed by atoms with Gasteiger partial charge in [-0.05, 0) is 52.9 Å². The highest BCUT2D eigenvalue weighted by molar-refractivity contribution is 5.72. The summed E-state index contributed by atoms with van der Waals surface area (Å²) in [5.41, 5.74) is 0.831. The molecule has 4 rings (SSSR count). The third kappa shape index (κ3) is 3.95. The topological polar surface area (TPSA) is 72.6 Å². The molecule has 2 saturated heterocycles. The number of carbonyl (C=O) groups excluding carboxylic acids is 1. The molecular formula is C21H33NO5. The largest absolute Gasteiger partial charge is 0.459 e. The van der Waals surface area contributed by atoms with E-state index in [1.54, 1.807) is 7.11 Å². The SMILES string of the molecule is CO[C@@H]1[C@H](OC(=O)CNC2CC2)CC[C@]2(CO2)[C@H]1[C@@]1(C)OC1CC=C(C)C. The maximum Gasteiger partial charge on any atom is 0.320 e. The molecule has 1 unspecified atom stereocenters. The van der Waals surface area contributed by atoms with E-state index >= 15 is 0 Å². The Bertz CT molecular complexity index is 608. The number of ether oxygens (including phenoxy) is 4. The Hall–Kier alpha value is -0.950. The van der Waals surface area contributed by atoms with Gasteiger partial charge >= 0.3 is 5.97 Å². The quantitative estimate of drug-likeness (QED) is 0.397. The molecule has 0 aromatic carbocycles. The zero-order chi connectivity index (χ0) is 19.2. The highest BCUT2D eigenvalue weighted by Gasteiger charge is 2.72. The highest BCUT2D eigenvalue weighted by atomic mass is 16.6. The van der Waals surface area contributed by atoms with Gasteiger partial charge in [-0.15, -0.1) is 0 Å². The number of hydrogen-bond donors (Lipinski definition) is 1.